The van der Waals surface area contributed by atoms with Gasteiger partial charge in [0.15, 0.2) is 5.78 Å². The van der Waals surface area contributed by atoms with Gasteiger partial charge in [-0.3, -0.25) is 19.2 Å². The summed E-state index contributed by atoms with van der Waals surface area (Å²) >= 11 is 0. The molecule has 3 unspecified atom stereocenters. The van der Waals surface area contributed by atoms with Gasteiger partial charge in [0.25, 0.3) is 11.7 Å². The number of nitrogens with zero attached hydrogens (tertiary/aromatic N) is 1. The van der Waals surface area contributed by atoms with Crippen molar-refractivity contribution in [3.05, 3.63) is 47.6 Å². The van der Waals surface area contributed by atoms with Crippen molar-refractivity contribution in [2.75, 3.05) is 41.1 Å². The molecule has 3 aliphatic heterocycles. The number of rotatable bonds is 9. The number of esters is 1. The molecule has 384 valence electrons. The fourth-order valence-electron chi connectivity index (χ4n) is 10.5. The fourth-order valence-corrected chi connectivity index (χ4v) is 10.5. The van der Waals surface area contributed by atoms with Gasteiger partial charge < -0.3 is 48.6 Å². The summed E-state index contributed by atoms with van der Waals surface area (Å²) in [6.07, 6.45) is 12.0. The van der Waals surface area contributed by atoms with Crippen LogP contribution in [0, 0.1) is 35.5 Å². The Morgan fingerprint density at radius 2 is 1.59 bits per heavy atom. The highest BCUT2D eigenvalue weighted by atomic mass is 16.6. The second-order valence-electron chi connectivity index (χ2n) is 20.2. The van der Waals surface area contributed by atoms with Gasteiger partial charge in [0.1, 0.15) is 30.1 Å². The number of fused-ring (bicyclic) bond motifs is 3. The van der Waals surface area contributed by atoms with Crippen LogP contribution in [0.3, 0.4) is 0 Å². The van der Waals surface area contributed by atoms with E-state index in [0.29, 0.717) is 63.4 Å². The smallest absolute Gasteiger partial charge is 0.329 e. The number of allylic oxidation sites excluding steroid dienone is 6. The number of aliphatic hydroxyl groups excluding tert-OH is 2. The third kappa shape index (κ3) is 15.3. The largest absolute Gasteiger partial charge is 0.460 e. The molecule has 1 saturated carbocycles. The number of amides is 1. The van der Waals surface area contributed by atoms with E-state index >= 15 is 0 Å². The zero-order valence-corrected chi connectivity index (χ0v) is 42.4. The molecule has 1 aliphatic carbocycles. The maximum absolute atomic E-state index is 14.5. The summed E-state index contributed by atoms with van der Waals surface area (Å²) in [6.45, 7) is 12.9. The van der Waals surface area contributed by atoms with E-state index in [1.165, 1.54) is 12.0 Å². The van der Waals surface area contributed by atoms with Gasteiger partial charge in [-0.15, -0.1) is 0 Å². The minimum absolute atomic E-state index is 0.0158. The Balaban J connectivity index is 1.70. The molecule has 15 atom stereocenters. The quantitative estimate of drug-likeness (QED) is 0.134. The first-order chi connectivity index (χ1) is 32.3. The maximum Gasteiger partial charge on any atom is 0.329 e. The Hall–Kier alpha value is -3.41. The fraction of sp³-hybridized carbons (Fsp3) is 0.755. The van der Waals surface area contributed by atoms with Crippen molar-refractivity contribution in [1.82, 2.24) is 4.90 Å². The highest BCUT2D eigenvalue weighted by Gasteiger charge is 2.53. The molecule has 1 amide bonds. The third-order valence-electron chi connectivity index (χ3n) is 14.9. The number of ether oxygens (including phenoxy) is 6. The molecule has 68 heavy (non-hydrogen) atoms. The van der Waals surface area contributed by atoms with Crippen molar-refractivity contribution in [1.29, 1.82) is 0 Å². The van der Waals surface area contributed by atoms with Gasteiger partial charge in [-0.1, -0.05) is 71.1 Å². The van der Waals surface area contributed by atoms with Crippen LogP contribution >= 0.6 is 0 Å². The monoisotopic (exact) mass is 958 g/mol. The number of carbonyl (C=O) groups is 5. The lowest BCUT2D eigenvalue weighted by Crippen LogP contribution is -2.61. The maximum atomic E-state index is 14.5. The van der Waals surface area contributed by atoms with E-state index in [9.17, 15) is 39.3 Å². The van der Waals surface area contributed by atoms with Crippen LogP contribution in [0.15, 0.2) is 47.6 Å². The second-order valence-corrected chi connectivity index (χ2v) is 20.2. The van der Waals surface area contributed by atoms with Gasteiger partial charge in [-0.2, -0.15) is 0 Å². The summed E-state index contributed by atoms with van der Waals surface area (Å²) in [5.74, 6) is -7.96. The van der Waals surface area contributed by atoms with Gasteiger partial charge in [0, 0.05) is 58.5 Å². The summed E-state index contributed by atoms with van der Waals surface area (Å²) in [6, 6.07) is -1.14. The summed E-state index contributed by atoms with van der Waals surface area (Å²) in [5.41, 5.74) is 1.26. The molecule has 0 spiro atoms. The van der Waals surface area contributed by atoms with E-state index in [4.69, 9.17) is 28.4 Å². The predicted molar refractivity (Wildman–Crippen MR) is 256 cm³/mol. The van der Waals surface area contributed by atoms with Crippen LogP contribution in [0.25, 0.3) is 0 Å². The highest BCUT2D eigenvalue weighted by molar-refractivity contribution is 6.39. The number of hydrogen-bond donors (Lipinski definition) is 3. The first kappa shape index (κ1) is 57.2. The molecular weight excluding hydrogens is 875 g/mol. The first-order valence-corrected chi connectivity index (χ1v) is 25.0. The molecule has 15 heteroatoms. The van der Waals surface area contributed by atoms with Crippen LogP contribution < -0.4 is 0 Å². The number of cyclic esters (lactones) is 1. The summed E-state index contributed by atoms with van der Waals surface area (Å²) < 4.78 is 35.6. The molecule has 15 nitrogen and oxygen atoms in total. The number of ketones is 3. The standard InChI is InChI=1S/C53H83NO14/c1-32-16-12-11-13-17-33(2)44(63-8)30-40-21-19-38(7)53(62,68-40)50(59)51(60)54-23-15-14-18-41(54)52(61)67-45(35(4)28-39-20-22-43(66-25-24-55)46(29-39)64-9)31-42(56)34(3)27-37(6)48(58)49(65-10)47(57)36(5)26-32/h11-13,16-17,27,32,34-36,38-41,43-46,48-49,55,58,62H,14-15,18-26,28-31H2,1-10H3/b13-11+,16-12?,33-17-,37-27+/t32-,34-,35-,36-,38-,39+,40+,41+,43-,44?,45?,46-,48-,49?,53-/m1/s1. The van der Waals surface area contributed by atoms with Crippen molar-refractivity contribution in [2.24, 2.45) is 35.5 Å². The minimum Gasteiger partial charge on any atom is -0.460 e. The van der Waals surface area contributed by atoms with E-state index in [0.717, 1.165) is 12.0 Å². The van der Waals surface area contributed by atoms with Gasteiger partial charge in [0.2, 0.25) is 5.79 Å². The van der Waals surface area contributed by atoms with E-state index in [1.54, 1.807) is 41.1 Å². The Morgan fingerprint density at radius 1 is 0.853 bits per heavy atom. The Bertz CT molecular complexity index is 1810. The number of Topliss-reactive ketones (excluding diaryl/α,β-unsaturated/α-hetero) is 3. The Morgan fingerprint density at radius 3 is 2.26 bits per heavy atom. The number of carbonyl (C=O) groups excluding carboxylic acids is 5. The summed E-state index contributed by atoms with van der Waals surface area (Å²) in [4.78, 5) is 72.1. The Labute approximate surface area is 405 Å². The molecule has 0 radical (unpaired) electrons. The van der Waals surface area contributed by atoms with Crippen LogP contribution in [0.1, 0.15) is 126 Å². The third-order valence-corrected chi connectivity index (χ3v) is 14.9. The summed E-state index contributed by atoms with van der Waals surface area (Å²) in [7, 11) is 4.58. The zero-order valence-electron chi connectivity index (χ0n) is 42.4. The summed E-state index contributed by atoms with van der Waals surface area (Å²) in [5, 5.41) is 32.8. The van der Waals surface area contributed by atoms with Crippen molar-refractivity contribution < 1.29 is 67.7 Å². The molecular formula is C53H83NO14. The molecule has 4 rings (SSSR count). The van der Waals surface area contributed by atoms with E-state index in [2.05, 4.69) is 0 Å². The van der Waals surface area contributed by atoms with Crippen molar-refractivity contribution in [3.8, 4) is 0 Å². The SMILES string of the molecule is COC1C[C@@H]2CC[C@@H](C)[C@@](O)(O2)C(=O)C(=O)N2CCCC[C@H]2C(=O)OC([C@H](C)C[C@@H]2CC[C@@H](OCCO)[C@H](OC)C2)CC(=O)[C@H](C)/C=C(\C)[C@@H](O)C(OC)C(=O)[C@H](C)C[C@H](C)C=C/C=C/C=C\1C. The molecule has 4 aliphatic rings. The lowest BCUT2D eigenvalue weighted by atomic mass is 9.78. The van der Waals surface area contributed by atoms with Crippen LogP contribution in [-0.2, 0) is 52.4 Å². The molecule has 2 bridgehead atoms. The normalized spacial score (nSPS) is 38.7. The average Bonchev–Trinajstić information content (AvgIpc) is 3.32. The number of aliphatic hydroxyl groups is 3. The molecule has 0 aromatic rings. The van der Waals surface area contributed by atoms with Crippen molar-refractivity contribution in [3.63, 3.8) is 0 Å². The van der Waals surface area contributed by atoms with E-state index in [-0.39, 0.29) is 74.1 Å². The van der Waals surface area contributed by atoms with Gasteiger partial charge in [0.05, 0.1) is 37.6 Å². The number of methoxy groups -OCH3 is 3. The number of hydrogen-bond acceptors (Lipinski definition) is 14. The zero-order chi connectivity index (χ0) is 50.3. The van der Waals surface area contributed by atoms with Crippen LogP contribution in [0.4, 0.5) is 0 Å². The second kappa shape index (κ2) is 27.3. The topological polar surface area (TPSA) is 205 Å². The molecule has 2 saturated heterocycles. The number of piperidine rings is 1. The molecule has 3 N–H and O–H groups in total. The van der Waals surface area contributed by atoms with E-state index in [1.807, 2.05) is 58.1 Å². The average molecular weight is 958 g/mol. The highest BCUT2D eigenvalue weighted by Crippen LogP contribution is 2.38. The van der Waals surface area contributed by atoms with Gasteiger partial charge >= 0.3 is 5.97 Å². The van der Waals surface area contributed by atoms with Crippen molar-refractivity contribution in [2.45, 2.75) is 180 Å². The van der Waals surface area contributed by atoms with E-state index < -0.39 is 77.8 Å². The Kier molecular flexibility index (Phi) is 22.9. The van der Waals surface area contributed by atoms with Gasteiger partial charge in [-0.05, 0) is 107 Å². The van der Waals surface area contributed by atoms with Crippen LogP contribution in [0.5, 0.6) is 0 Å². The minimum atomic E-state index is -2.43. The molecule has 3 heterocycles. The van der Waals surface area contributed by atoms with Crippen LogP contribution in [-0.4, -0.2) is 145 Å². The molecule has 0 aromatic heterocycles. The lowest BCUT2D eigenvalue weighted by Gasteiger charge is -2.42. The molecule has 0 aromatic carbocycles. The first-order valence-electron chi connectivity index (χ1n) is 25.0. The molecule has 3 fully saturated rings. The predicted octanol–water partition coefficient (Wildman–Crippen LogP) is 6.20. The lowest BCUT2D eigenvalue weighted by molar-refractivity contribution is -0.265. The van der Waals surface area contributed by atoms with Crippen molar-refractivity contribution >= 4 is 29.2 Å². The van der Waals surface area contributed by atoms with Gasteiger partial charge in [-0.25, -0.2) is 4.79 Å². The van der Waals surface area contributed by atoms with Crippen LogP contribution in [0.2, 0.25) is 0 Å².